The van der Waals surface area contributed by atoms with E-state index in [4.69, 9.17) is 0 Å². The first-order valence-electron chi connectivity index (χ1n) is 8.04. The number of pyridine rings is 1. The summed E-state index contributed by atoms with van der Waals surface area (Å²) in [6.07, 6.45) is 6.09. The molecular formula is C17H23N3O2. The highest BCUT2D eigenvalue weighted by molar-refractivity contribution is 5.81. The molecule has 1 aromatic heterocycles. The molecule has 5 nitrogen and oxygen atoms in total. The van der Waals surface area contributed by atoms with Crippen molar-refractivity contribution in [2.45, 2.75) is 32.1 Å². The molecule has 118 valence electrons. The predicted molar refractivity (Wildman–Crippen MR) is 83.0 cm³/mol. The molecule has 2 fully saturated rings. The van der Waals surface area contributed by atoms with Crippen LogP contribution in [0.25, 0.3) is 0 Å². The van der Waals surface area contributed by atoms with Gasteiger partial charge >= 0.3 is 0 Å². The van der Waals surface area contributed by atoms with E-state index in [0.29, 0.717) is 6.42 Å². The summed E-state index contributed by atoms with van der Waals surface area (Å²) < 4.78 is 0. The zero-order valence-electron chi connectivity index (χ0n) is 13.0. The highest BCUT2D eigenvalue weighted by atomic mass is 16.2. The molecule has 2 heterocycles. The molecule has 0 radical (unpaired) electrons. The van der Waals surface area contributed by atoms with E-state index in [-0.39, 0.29) is 23.1 Å². The average Bonchev–Trinajstić information content (AvgIpc) is 3.15. The van der Waals surface area contributed by atoms with Crippen molar-refractivity contribution in [2.24, 2.45) is 11.3 Å². The molecule has 5 heteroatoms. The van der Waals surface area contributed by atoms with Crippen LogP contribution in [0, 0.1) is 11.3 Å². The van der Waals surface area contributed by atoms with Crippen LogP contribution in [0.5, 0.6) is 0 Å². The van der Waals surface area contributed by atoms with Crippen molar-refractivity contribution in [1.29, 1.82) is 0 Å². The molecule has 0 unspecified atom stereocenters. The summed E-state index contributed by atoms with van der Waals surface area (Å²) in [6.45, 7) is 1.48. The van der Waals surface area contributed by atoms with E-state index in [0.717, 1.165) is 44.5 Å². The lowest BCUT2D eigenvalue weighted by Crippen LogP contribution is -2.40. The molecule has 1 saturated heterocycles. The Balaban J connectivity index is 1.66. The van der Waals surface area contributed by atoms with Crippen LogP contribution in [0.15, 0.2) is 24.4 Å². The third-order valence-corrected chi connectivity index (χ3v) is 5.27. The van der Waals surface area contributed by atoms with E-state index in [1.807, 2.05) is 23.1 Å². The maximum Gasteiger partial charge on any atom is 0.228 e. The average molecular weight is 301 g/mol. The second-order valence-electron chi connectivity index (χ2n) is 6.48. The highest BCUT2D eigenvalue weighted by Gasteiger charge is 2.50. The Bertz CT molecular complexity index is 560. The van der Waals surface area contributed by atoms with Crippen LogP contribution < -0.4 is 5.32 Å². The van der Waals surface area contributed by atoms with Gasteiger partial charge in [-0.3, -0.25) is 14.6 Å². The van der Waals surface area contributed by atoms with Crippen molar-refractivity contribution < 1.29 is 9.59 Å². The summed E-state index contributed by atoms with van der Waals surface area (Å²) >= 11 is 0. The number of nitrogens with one attached hydrogen (secondary N) is 1. The molecule has 1 spiro atoms. The van der Waals surface area contributed by atoms with Gasteiger partial charge in [0, 0.05) is 43.4 Å². The Labute approximate surface area is 131 Å². The van der Waals surface area contributed by atoms with Gasteiger partial charge in [-0.15, -0.1) is 0 Å². The van der Waals surface area contributed by atoms with Crippen molar-refractivity contribution in [2.75, 3.05) is 20.1 Å². The van der Waals surface area contributed by atoms with Crippen LogP contribution in [0.2, 0.25) is 0 Å². The Hall–Kier alpha value is -1.91. The van der Waals surface area contributed by atoms with Gasteiger partial charge in [-0.1, -0.05) is 12.5 Å². The summed E-state index contributed by atoms with van der Waals surface area (Å²) in [7, 11) is 1.70. The molecule has 0 bridgehead atoms. The molecule has 1 N–H and O–H groups in total. The lowest BCUT2D eigenvalue weighted by molar-refractivity contribution is -0.132. The van der Waals surface area contributed by atoms with E-state index >= 15 is 0 Å². The fraction of sp³-hybridized carbons (Fsp3) is 0.588. The highest BCUT2D eigenvalue weighted by Crippen LogP contribution is 2.49. The molecular weight excluding hydrogens is 278 g/mol. The third-order valence-electron chi connectivity index (χ3n) is 5.27. The molecule has 2 aliphatic rings. The molecule has 1 saturated carbocycles. The van der Waals surface area contributed by atoms with Gasteiger partial charge in [0.1, 0.15) is 0 Å². The van der Waals surface area contributed by atoms with E-state index < -0.39 is 0 Å². The first-order valence-corrected chi connectivity index (χ1v) is 8.04. The SMILES string of the molecule is CNC(=O)[C@@H]1CCC[C@]12CCN(C(=O)Cc1ccccn1)C2. The Morgan fingerprint density at radius 1 is 1.41 bits per heavy atom. The molecule has 0 aromatic carbocycles. The molecule has 1 aromatic rings. The second kappa shape index (κ2) is 6.07. The van der Waals surface area contributed by atoms with Gasteiger partial charge < -0.3 is 10.2 Å². The second-order valence-corrected chi connectivity index (χ2v) is 6.48. The molecule has 22 heavy (non-hydrogen) atoms. The van der Waals surface area contributed by atoms with Crippen molar-refractivity contribution in [3.05, 3.63) is 30.1 Å². The summed E-state index contributed by atoms with van der Waals surface area (Å²) in [5.74, 6) is 0.319. The minimum absolute atomic E-state index is 0.000129. The minimum atomic E-state index is -0.000129. The standard InChI is InChI=1S/C17H23N3O2/c1-18-16(22)14-6-4-7-17(14)8-10-20(12-17)15(21)11-13-5-2-3-9-19-13/h2-3,5,9,14H,4,6-8,10-12H2,1H3,(H,18,22)/t14-,17+/m0/s1. The Morgan fingerprint density at radius 2 is 2.27 bits per heavy atom. The number of hydrogen-bond acceptors (Lipinski definition) is 3. The predicted octanol–water partition coefficient (Wildman–Crippen LogP) is 1.39. The monoisotopic (exact) mass is 301 g/mol. The maximum atomic E-state index is 12.5. The molecule has 2 atom stereocenters. The number of carbonyl (C=O) groups is 2. The largest absolute Gasteiger partial charge is 0.359 e. The maximum absolute atomic E-state index is 12.5. The number of likely N-dealkylation sites (tertiary alicyclic amines) is 1. The summed E-state index contributed by atoms with van der Waals surface area (Å²) in [5, 5.41) is 2.79. The zero-order valence-corrected chi connectivity index (χ0v) is 13.0. The van der Waals surface area contributed by atoms with Crippen molar-refractivity contribution in [3.63, 3.8) is 0 Å². The number of amides is 2. The Kier molecular flexibility index (Phi) is 4.14. The number of nitrogens with zero attached hydrogens (tertiary/aromatic N) is 2. The van der Waals surface area contributed by atoms with E-state index in [1.165, 1.54) is 0 Å². The smallest absolute Gasteiger partial charge is 0.228 e. The lowest BCUT2D eigenvalue weighted by Gasteiger charge is -2.30. The fourth-order valence-electron chi connectivity index (χ4n) is 4.09. The number of hydrogen-bond donors (Lipinski definition) is 1. The van der Waals surface area contributed by atoms with Gasteiger partial charge in [0.05, 0.1) is 6.42 Å². The zero-order chi connectivity index (χ0) is 15.6. The lowest BCUT2D eigenvalue weighted by atomic mass is 9.76. The van der Waals surface area contributed by atoms with E-state index in [2.05, 4.69) is 10.3 Å². The van der Waals surface area contributed by atoms with Crippen LogP contribution in [-0.2, 0) is 16.0 Å². The van der Waals surface area contributed by atoms with Gasteiger partial charge in [0.2, 0.25) is 11.8 Å². The van der Waals surface area contributed by atoms with Crippen molar-refractivity contribution in [3.8, 4) is 0 Å². The van der Waals surface area contributed by atoms with Crippen molar-refractivity contribution in [1.82, 2.24) is 15.2 Å². The molecule has 2 amide bonds. The number of aromatic nitrogens is 1. The fourth-order valence-corrected chi connectivity index (χ4v) is 4.09. The van der Waals surface area contributed by atoms with E-state index in [1.54, 1.807) is 13.2 Å². The van der Waals surface area contributed by atoms with Gasteiger partial charge in [-0.25, -0.2) is 0 Å². The number of carbonyl (C=O) groups excluding carboxylic acids is 2. The van der Waals surface area contributed by atoms with Crippen LogP contribution in [-0.4, -0.2) is 41.8 Å². The summed E-state index contributed by atoms with van der Waals surface area (Å²) in [5.41, 5.74) is 0.808. The first kappa shape index (κ1) is 15.0. The summed E-state index contributed by atoms with van der Waals surface area (Å²) in [4.78, 5) is 30.8. The third kappa shape index (κ3) is 2.72. The normalized spacial score (nSPS) is 27.3. The minimum Gasteiger partial charge on any atom is -0.359 e. The molecule has 1 aliphatic carbocycles. The van der Waals surface area contributed by atoms with Gasteiger partial charge in [0.15, 0.2) is 0 Å². The Morgan fingerprint density at radius 3 is 3.00 bits per heavy atom. The van der Waals surface area contributed by atoms with Gasteiger partial charge in [0.25, 0.3) is 0 Å². The van der Waals surface area contributed by atoms with Crippen LogP contribution in [0.1, 0.15) is 31.4 Å². The topological polar surface area (TPSA) is 62.3 Å². The number of rotatable bonds is 3. The summed E-state index contributed by atoms with van der Waals surface area (Å²) in [6, 6.07) is 5.64. The van der Waals surface area contributed by atoms with Crippen LogP contribution >= 0.6 is 0 Å². The van der Waals surface area contributed by atoms with Gasteiger partial charge in [-0.05, 0) is 31.4 Å². The first-order chi connectivity index (χ1) is 10.6. The molecule has 3 rings (SSSR count). The van der Waals surface area contributed by atoms with Crippen LogP contribution in [0.3, 0.4) is 0 Å². The quantitative estimate of drug-likeness (QED) is 0.917. The van der Waals surface area contributed by atoms with E-state index in [9.17, 15) is 9.59 Å². The van der Waals surface area contributed by atoms with Crippen molar-refractivity contribution >= 4 is 11.8 Å². The van der Waals surface area contributed by atoms with Gasteiger partial charge in [-0.2, -0.15) is 0 Å². The molecule has 1 aliphatic heterocycles. The van der Waals surface area contributed by atoms with Crippen LogP contribution in [0.4, 0.5) is 0 Å².